The number of para-hydroxylation sites is 2. The molecule has 120 valence electrons. The Morgan fingerprint density at radius 2 is 1.64 bits per heavy atom. The molecule has 5 rings (SSSR count). The number of aromatic nitrogens is 5. The number of rotatable bonds is 2. The average molecular weight is 327 g/mol. The molecule has 3 heterocycles. The molecular formula is C19H15N6+. The van der Waals surface area contributed by atoms with Gasteiger partial charge in [-0.2, -0.15) is 0 Å². The summed E-state index contributed by atoms with van der Waals surface area (Å²) in [5.41, 5.74) is 11.5. The summed E-state index contributed by atoms with van der Waals surface area (Å²) in [4.78, 5) is 17.1. The van der Waals surface area contributed by atoms with Crippen LogP contribution in [0.25, 0.3) is 33.2 Å². The third-order valence-corrected chi connectivity index (χ3v) is 4.40. The standard InChI is InChI=1S/C19H14N6/c20-17-15-16-19(24-14-9-5-4-8-13(14)23-16)25(18(15)22-11-21-17)10-12-6-2-1-3-7-12/h1-9,11H,10H2,(H2,20,21,22)/p+1. The van der Waals surface area contributed by atoms with Crippen molar-refractivity contribution in [2.75, 3.05) is 5.73 Å². The molecule has 0 unspecified atom stereocenters. The van der Waals surface area contributed by atoms with Crippen LogP contribution in [-0.4, -0.2) is 19.5 Å². The summed E-state index contributed by atoms with van der Waals surface area (Å²) in [5.74, 6) is 0.454. The number of fused-ring (bicyclic) bond motifs is 4. The van der Waals surface area contributed by atoms with Gasteiger partial charge in [-0.1, -0.05) is 47.4 Å². The molecule has 25 heavy (non-hydrogen) atoms. The zero-order valence-electron chi connectivity index (χ0n) is 13.3. The van der Waals surface area contributed by atoms with E-state index in [-0.39, 0.29) is 0 Å². The van der Waals surface area contributed by atoms with Crippen LogP contribution in [0.3, 0.4) is 0 Å². The van der Waals surface area contributed by atoms with Crippen molar-refractivity contribution >= 4 is 39.0 Å². The molecule has 0 amide bonds. The summed E-state index contributed by atoms with van der Waals surface area (Å²) in [6.45, 7) is 0.674. The lowest BCUT2D eigenvalue weighted by molar-refractivity contribution is -0.353. The molecule has 0 radical (unpaired) electrons. The molecule has 0 saturated heterocycles. The Labute approximate surface area is 143 Å². The number of nitrogen functional groups attached to an aromatic ring is 1. The van der Waals surface area contributed by atoms with Crippen LogP contribution in [-0.2, 0) is 6.54 Å². The Kier molecular flexibility index (Phi) is 2.90. The molecule has 0 saturated carbocycles. The highest BCUT2D eigenvalue weighted by Gasteiger charge is 2.23. The van der Waals surface area contributed by atoms with Gasteiger partial charge >= 0.3 is 0 Å². The fourth-order valence-corrected chi connectivity index (χ4v) is 3.24. The summed E-state index contributed by atoms with van der Waals surface area (Å²) in [6, 6.07) is 18.1. The predicted molar refractivity (Wildman–Crippen MR) is 96.8 cm³/mol. The second-order valence-corrected chi connectivity index (χ2v) is 5.97. The fraction of sp³-hybridized carbons (Fsp3) is 0.0526. The van der Waals surface area contributed by atoms with E-state index >= 15 is 0 Å². The van der Waals surface area contributed by atoms with Crippen LogP contribution < -0.4 is 10.7 Å². The van der Waals surface area contributed by atoms with Crippen molar-refractivity contribution in [3.8, 4) is 0 Å². The second kappa shape index (κ2) is 5.24. The first kappa shape index (κ1) is 13.9. The maximum absolute atomic E-state index is 6.16. The molecular weight excluding hydrogens is 312 g/mol. The second-order valence-electron chi connectivity index (χ2n) is 5.97. The van der Waals surface area contributed by atoms with E-state index in [2.05, 4.69) is 26.7 Å². The molecule has 2 aromatic carbocycles. The van der Waals surface area contributed by atoms with Gasteiger partial charge in [0.15, 0.2) is 0 Å². The van der Waals surface area contributed by atoms with E-state index in [1.54, 1.807) is 6.33 Å². The molecule has 3 aromatic heterocycles. The number of benzene rings is 2. The number of hydrogen-bond acceptors (Lipinski definition) is 4. The highest BCUT2D eigenvalue weighted by molar-refractivity contribution is 6.08. The van der Waals surface area contributed by atoms with Crippen LogP contribution in [0.4, 0.5) is 5.82 Å². The Morgan fingerprint density at radius 1 is 0.920 bits per heavy atom. The molecule has 5 aromatic rings. The van der Waals surface area contributed by atoms with Gasteiger partial charge in [0, 0.05) is 0 Å². The normalized spacial score (nSPS) is 11.5. The van der Waals surface area contributed by atoms with Gasteiger partial charge in [-0.25, -0.2) is 19.5 Å². The van der Waals surface area contributed by atoms with E-state index < -0.39 is 0 Å². The third-order valence-electron chi connectivity index (χ3n) is 4.40. The number of nitrogens with two attached hydrogens (primary N) is 1. The highest BCUT2D eigenvalue weighted by Crippen LogP contribution is 2.29. The van der Waals surface area contributed by atoms with Crippen molar-refractivity contribution in [1.29, 1.82) is 0 Å². The molecule has 0 aliphatic rings. The number of anilines is 1. The van der Waals surface area contributed by atoms with Crippen LogP contribution in [0, 0.1) is 0 Å². The average Bonchev–Trinajstić information content (AvgIpc) is 2.95. The van der Waals surface area contributed by atoms with E-state index in [4.69, 9.17) is 15.7 Å². The lowest BCUT2D eigenvalue weighted by Gasteiger charge is -2.02. The van der Waals surface area contributed by atoms with Gasteiger partial charge in [0.25, 0.3) is 0 Å². The number of nitrogens with zero attached hydrogens (tertiary/aromatic N) is 4. The molecule has 0 fully saturated rings. The van der Waals surface area contributed by atoms with Crippen molar-refractivity contribution in [3.63, 3.8) is 0 Å². The van der Waals surface area contributed by atoms with Crippen LogP contribution in [0.2, 0.25) is 0 Å². The van der Waals surface area contributed by atoms with Gasteiger partial charge in [0.1, 0.15) is 10.9 Å². The van der Waals surface area contributed by atoms with Crippen molar-refractivity contribution in [2.24, 2.45) is 0 Å². The van der Waals surface area contributed by atoms with Crippen molar-refractivity contribution < 1.29 is 4.98 Å². The van der Waals surface area contributed by atoms with Crippen LogP contribution in [0.15, 0.2) is 60.9 Å². The van der Waals surface area contributed by atoms with Gasteiger partial charge in [-0.15, -0.1) is 0 Å². The highest BCUT2D eigenvalue weighted by atomic mass is 15.1. The molecule has 0 bridgehead atoms. The Bertz CT molecular complexity index is 1230. The lowest BCUT2D eigenvalue weighted by atomic mass is 10.2. The minimum Gasteiger partial charge on any atom is -0.369 e. The minimum atomic E-state index is 0.454. The van der Waals surface area contributed by atoms with E-state index in [9.17, 15) is 0 Å². The molecule has 0 aliphatic heterocycles. The van der Waals surface area contributed by atoms with E-state index in [1.165, 1.54) is 5.56 Å². The molecule has 0 aliphatic carbocycles. The van der Waals surface area contributed by atoms with Gasteiger partial charge in [-0.05, 0) is 17.7 Å². The number of nitrogens with one attached hydrogen (secondary N) is 1. The molecule has 0 spiro atoms. The minimum absolute atomic E-state index is 0.454. The van der Waals surface area contributed by atoms with Crippen LogP contribution in [0.5, 0.6) is 0 Å². The molecule has 0 atom stereocenters. The van der Waals surface area contributed by atoms with Gasteiger partial charge in [0.05, 0.1) is 17.6 Å². The number of hydrogen-bond donors (Lipinski definition) is 1. The van der Waals surface area contributed by atoms with Crippen molar-refractivity contribution in [3.05, 3.63) is 66.5 Å². The summed E-state index contributed by atoms with van der Waals surface area (Å²) < 4.78 is 2.11. The molecule has 3 N–H and O–H groups in total. The first-order valence-corrected chi connectivity index (χ1v) is 8.06. The smallest absolute Gasteiger partial charge is 0.242 e. The SMILES string of the molecule is Nc1nc[nH+]c2c1c1nc3ccccc3nc1n2Cc1ccccc1. The van der Waals surface area contributed by atoms with Crippen molar-refractivity contribution in [2.45, 2.75) is 6.54 Å². The maximum Gasteiger partial charge on any atom is 0.242 e. The zero-order valence-corrected chi connectivity index (χ0v) is 13.3. The zero-order chi connectivity index (χ0) is 16.8. The Morgan fingerprint density at radius 3 is 2.44 bits per heavy atom. The predicted octanol–water partition coefficient (Wildman–Crippen LogP) is 2.58. The van der Waals surface area contributed by atoms with Gasteiger partial charge < -0.3 is 5.73 Å². The van der Waals surface area contributed by atoms with Crippen LogP contribution in [0.1, 0.15) is 5.56 Å². The van der Waals surface area contributed by atoms with Gasteiger partial charge in [0.2, 0.25) is 23.4 Å². The summed E-state index contributed by atoms with van der Waals surface area (Å²) >= 11 is 0. The molecule has 6 heteroatoms. The quantitative estimate of drug-likeness (QED) is 0.540. The fourth-order valence-electron chi connectivity index (χ4n) is 3.24. The summed E-state index contributed by atoms with van der Waals surface area (Å²) in [6.07, 6.45) is 1.61. The first-order valence-electron chi connectivity index (χ1n) is 8.06. The largest absolute Gasteiger partial charge is 0.369 e. The maximum atomic E-state index is 6.16. The van der Waals surface area contributed by atoms with E-state index in [1.807, 2.05) is 42.5 Å². The lowest BCUT2D eigenvalue weighted by Crippen LogP contribution is -2.12. The van der Waals surface area contributed by atoms with Gasteiger partial charge in [-0.3, -0.25) is 0 Å². The Balaban J connectivity index is 1.90. The van der Waals surface area contributed by atoms with Crippen LogP contribution >= 0.6 is 0 Å². The monoisotopic (exact) mass is 327 g/mol. The Hall–Kier alpha value is -3.54. The number of aromatic amines is 1. The third kappa shape index (κ3) is 2.11. The summed E-state index contributed by atoms with van der Waals surface area (Å²) in [5, 5.41) is 0.812. The molecule has 6 nitrogen and oxygen atoms in total. The van der Waals surface area contributed by atoms with Crippen molar-refractivity contribution in [1.82, 2.24) is 19.5 Å². The number of H-pyrrole nitrogens is 1. The van der Waals surface area contributed by atoms with E-state index in [0.29, 0.717) is 12.4 Å². The summed E-state index contributed by atoms with van der Waals surface area (Å²) in [7, 11) is 0. The van der Waals surface area contributed by atoms with E-state index in [0.717, 1.165) is 33.2 Å². The first-order chi connectivity index (χ1) is 12.3. The topological polar surface area (TPSA) is 83.8 Å².